The van der Waals surface area contributed by atoms with Crippen LogP contribution in [0.25, 0.3) is 28.0 Å². The van der Waals surface area contributed by atoms with Crippen LogP contribution >= 0.6 is 11.6 Å². The van der Waals surface area contributed by atoms with E-state index in [2.05, 4.69) is 30.4 Å². The molecule has 0 aliphatic carbocycles. The first-order valence-electron chi connectivity index (χ1n) is 6.73. The smallest absolute Gasteiger partial charge is 0.183 e. The molecule has 0 saturated carbocycles. The van der Waals surface area contributed by atoms with E-state index in [1.54, 1.807) is 16.8 Å². The Hall–Kier alpha value is -3.51. The number of benzene rings is 1. The minimum absolute atomic E-state index is 0.0282. The van der Waals surface area contributed by atoms with E-state index in [0.717, 1.165) is 10.9 Å². The molecule has 0 amide bonds. The molecule has 4 aromatic rings. The van der Waals surface area contributed by atoms with Crippen LogP contribution in [0.1, 0.15) is 5.69 Å². The highest BCUT2D eigenvalue weighted by atomic mass is 35.5. The van der Waals surface area contributed by atoms with E-state index in [-0.39, 0.29) is 11.5 Å². The van der Waals surface area contributed by atoms with Crippen molar-refractivity contribution in [3.63, 3.8) is 0 Å². The van der Waals surface area contributed by atoms with Crippen LogP contribution in [-0.4, -0.2) is 34.9 Å². The summed E-state index contributed by atoms with van der Waals surface area (Å²) in [6, 6.07) is 5.50. The first-order chi connectivity index (χ1) is 11.7. The van der Waals surface area contributed by atoms with Crippen LogP contribution in [-0.2, 0) is 0 Å². The summed E-state index contributed by atoms with van der Waals surface area (Å²) in [6.45, 7) is 0. The van der Waals surface area contributed by atoms with Gasteiger partial charge in [-0.1, -0.05) is 11.6 Å². The lowest BCUT2D eigenvalue weighted by Gasteiger charge is -2.10. The number of aromatic nitrogens is 7. The summed E-state index contributed by atoms with van der Waals surface area (Å²) in [5.41, 5.74) is 7.65. The highest BCUT2D eigenvalue weighted by molar-refractivity contribution is 6.35. The number of nitrogen functional groups attached to an aromatic ring is 1. The second kappa shape index (κ2) is 5.29. The normalized spacial score (nSPS) is 10.8. The van der Waals surface area contributed by atoms with E-state index in [4.69, 9.17) is 17.3 Å². The van der Waals surface area contributed by atoms with Gasteiger partial charge in [-0.15, -0.1) is 10.2 Å². The van der Waals surface area contributed by atoms with Crippen LogP contribution in [0.4, 0.5) is 5.82 Å². The summed E-state index contributed by atoms with van der Waals surface area (Å²) >= 11 is 6.29. The molecule has 0 atom stereocenters. The fraction of sp³-hybridized carbons (Fsp3) is 0. The summed E-state index contributed by atoms with van der Waals surface area (Å²) < 4.78 is 1.56. The molecule has 116 valence electrons. The van der Waals surface area contributed by atoms with E-state index in [0.29, 0.717) is 22.1 Å². The predicted octanol–water partition coefficient (Wildman–Crippen LogP) is 1.71. The van der Waals surface area contributed by atoms with Crippen molar-refractivity contribution >= 4 is 28.3 Å². The molecule has 24 heavy (non-hydrogen) atoms. The third kappa shape index (κ3) is 2.13. The zero-order chi connectivity index (χ0) is 16.7. The molecule has 9 nitrogen and oxygen atoms in total. The molecule has 0 spiro atoms. The minimum atomic E-state index is 0.0282. The number of rotatable bonds is 2. The monoisotopic (exact) mass is 337 g/mol. The van der Waals surface area contributed by atoms with Crippen molar-refractivity contribution < 1.29 is 0 Å². The Balaban J connectivity index is 2.03. The van der Waals surface area contributed by atoms with Crippen molar-refractivity contribution in [1.82, 2.24) is 34.9 Å². The van der Waals surface area contributed by atoms with Gasteiger partial charge in [-0.3, -0.25) is 9.67 Å². The van der Waals surface area contributed by atoms with E-state index in [1.165, 1.54) is 12.7 Å². The lowest BCUT2D eigenvalue weighted by molar-refractivity contribution is 0.973. The number of nitrogens with zero attached hydrogens (tertiary/aromatic N) is 7. The number of nitrogens with two attached hydrogens (primary N) is 1. The number of nitrogens with one attached hydrogen (secondary N) is 1. The van der Waals surface area contributed by atoms with Gasteiger partial charge in [-0.25, -0.2) is 9.97 Å². The standard InChI is InChI=1S/C14H8ClN9/c15-9-2-7(1-8-4-18-23-11(8)9)12-14(24-5-19-20-6-24)22-13(17)10(3-16)21-12/h1-2,4-6H,(H2,17,22)(H,18,23). The number of hydrogen-bond donors (Lipinski definition) is 2. The van der Waals surface area contributed by atoms with Crippen molar-refractivity contribution in [1.29, 1.82) is 5.26 Å². The van der Waals surface area contributed by atoms with E-state index in [9.17, 15) is 5.26 Å². The van der Waals surface area contributed by atoms with Crippen LogP contribution in [0.15, 0.2) is 31.0 Å². The van der Waals surface area contributed by atoms with Crippen molar-refractivity contribution in [2.24, 2.45) is 0 Å². The van der Waals surface area contributed by atoms with Crippen molar-refractivity contribution in [3.8, 4) is 23.1 Å². The average molecular weight is 338 g/mol. The molecule has 4 rings (SSSR count). The molecule has 0 aliphatic heterocycles. The quantitative estimate of drug-likeness (QED) is 0.568. The second-order valence-corrected chi connectivity index (χ2v) is 5.31. The highest BCUT2D eigenvalue weighted by Crippen LogP contribution is 2.31. The molecule has 3 N–H and O–H groups in total. The molecule has 1 aromatic carbocycles. The van der Waals surface area contributed by atoms with Gasteiger partial charge in [0.25, 0.3) is 0 Å². The van der Waals surface area contributed by atoms with E-state index < -0.39 is 0 Å². The summed E-state index contributed by atoms with van der Waals surface area (Å²) in [4.78, 5) is 8.60. The molecule has 0 radical (unpaired) electrons. The number of nitriles is 1. The van der Waals surface area contributed by atoms with Crippen LogP contribution in [0.2, 0.25) is 5.02 Å². The molecule has 3 aromatic heterocycles. The summed E-state index contributed by atoms with van der Waals surface area (Å²) in [7, 11) is 0. The Kier molecular flexibility index (Phi) is 3.11. The highest BCUT2D eigenvalue weighted by Gasteiger charge is 2.17. The zero-order valence-corrected chi connectivity index (χ0v) is 12.7. The molecule has 0 aliphatic rings. The largest absolute Gasteiger partial charge is 0.381 e. The number of aromatic amines is 1. The minimum Gasteiger partial charge on any atom is -0.381 e. The van der Waals surface area contributed by atoms with Gasteiger partial charge in [0, 0.05) is 10.9 Å². The van der Waals surface area contributed by atoms with Crippen molar-refractivity contribution in [2.45, 2.75) is 0 Å². The lowest BCUT2D eigenvalue weighted by Crippen LogP contribution is -2.07. The van der Waals surface area contributed by atoms with Gasteiger partial charge >= 0.3 is 0 Å². The molecule has 0 unspecified atom stereocenters. The van der Waals surface area contributed by atoms with Gasteiger partial charge in [0.05, 0.1) is 16.7 Å². The topological polar surface area (TPSA) is 135 Å². The van der Waals surface area contributed by atoms with Gasteiger partial charge in [-0.2, -0.15) is 10.4 Å². The summed E-state index contributed by atoms with van der Waals surface area (Å²) in [5, 5.41) is 24.8. The Morgan fingerprint density at radius 3 is 2.75 bits per heavy atom. The SMILES string of the molecule is N#Cc1nc(-c2cc(Cl)c3[nH]ncc3c2)c(-n2cnnc2)nc1N. The zero-order valence-electron chi connectivity index (χ0n) is 12.0. The third-order valence-electron chi connectivity index (χ3n) is 3.45. The summed E-state index contributed by atoms with van der Waals surface area (Å²) in [6.07, 6.45) is 4.59. The number of anilines is 1. The second-order valence-electron chi connectivity index (χ2n) is 4.90. The number of halogens is 1. The van der Waals surface area contributed by atoms with Crippen molar-refractivity contribution in [3.05, 3.63) is 41.7 Å². The molecule has 0 saturated heterocycles. The van der Waals surface area contributed by atoms with Crippen LogP contribution < -0.4 is 5.73 Å². The maximum atomic E-state index is 9.20. The van der Waals surface area contributed by atoms with Gasteiger partial charge in [0.15, 0.2) is 17.3 Å². The van der Waals surface area contributed by atoms with Crippen molar-refractivity contribution in [2.75, 3.05) is 5.73 Å². The Morgan fingerprint density at radius 1 is 1.21 bits per heavy atom. The Morgan fingerprint density at radius 2 is 2.00 bits per heavy atom. The van der Waals surface area contributed by atoms with Crippen LogP contribution in [0.5, 0.6) is 0 Å². The Bertz CT molecular complexity index is 1090. The fourth-order valence-electron chi connectivity index (χ4n) is 2.36. The van der Waals surface area contributed by atoms with E-state index in [1.807, 2.05) is 12.1 Å². The first kappa shape index (κ1) is 14.1. The first-order valence-corrected chi connectivity index (χ1v) is 7.11. The average Bonchev–Trinajstić information content (AvgIpc) is 3.26. The predicted molar refractivity (Wildman–Crippen MR) is 86.2 cm³/mol. The fourth-order valence-corrected chi connectivity index (χ4v) is 2.62. The van der Waals surface area contributed by atoms with Gasteiger partial charge < -0.3 is 5.73 Å². The number of hydrogen-bond acceptors (Lipinski definition) is 7. The molecular formula is C14H8ClN9. The molecule has 10 heteroatoms. The molecule has 0 bridgehead atoms. The number of fused-ring (bicyclic) bond motifs is 1. The maximum Gasteiger partial charge on any atom is 0.183 e. The molecule has 0 fully saturated rings. The summed E-state index contributed by atoms with van der Waals surface area (Å²) in [5.74, 6) is 0.427. The molecular weight excluding hydrogens is 330 g/mol. The maximum absolute atomic E-state index is 9.20. The molecule has 3 heterocycles. The van der Waals surface area contributed by atoms with Crippen LogP contribution in [0.3, 0.4) is 0 Å². The Labute approximate surface area is 139 Å². The third-order valence-corrected chi connectivity index (χ3v) is 3.75. The lowest BCUT2D eigenvalue weighted by atomic mass is 10.1. The van der Waals surface area contributed by atoms with Gasteiger partial charge in [0.1, 0.15) is 24.4 Å². The van der Waals surface area contributed by atoms with E-state index >= 15 is 0 Å². The van der Waals surface area contributed by atoms with Gasteiger partial charge in [-0.05, 0) is 12.1 Å². The van der Waals surface area contributed by atoms with Crippen LogP contribution in [0, 0.1) is 11.3 Å². The number of H-pyrrole nitrogens is 1. The van der Waals surface area contributed by atoms with Gasteiger partial charge in [0.2, 0.25) is 0 Å².